The molecule has 92 valence electrons. The average molecular weight is 225 g/mol. The van der Waals surface area contributed by atoms with Crippen molar-refractivity contribution in [2.75, 3.05) is 6.54 Å². The second kappa shape index (κ2) is 5.46. The Kier molecular flexibility index (Phi) is 4.50. The summed E-state index contributed by atoms with van der Waals surface area (Å²) in [6.45, 7) is 9.74. The van der Waals surface area contributed by atoms with Gasteiger partial charge in [-0.15, -0.1) is 0 Å². The van der Waals surface area contributed by atoms with Gasteiger partial charge in [-0.2, -0.15) is 5.10 Å². The minimum atomic E-state index is -0.292. The SMILES string of the molecule is Cc1c(CN(CC(C)O)C(C)C)cnn1C. The van der Waals surface area contributed by atoms with Gasteiger partial charge in [0.1, 0.15) is 0 Å². The molecule has 1 atom stereocenters. The van der Waals surface area contributed by atoms with Gasteiger partial charge in [0.05, 0.1) is 12.3 Å². The van der Waals surface area contributed by atoms with Crippen LogP contribution < -0.4 is 0 Å². The van der Waals surface area contributed by atoms with Gasteiger partial charge in [-0.25, -0.2) is 0 Å². The van der Waals surface area contributed by atoms with E-state index in [-0.39, 0.29) is 6.10 Å². The normalized spacial score (nSPS) is 13.8. The first kappa shape index (κ1) is 13.2. The lowest BCUT2D eigenvalue weighted by Crippen LogP contribution is -2.36. The third-order valence-electron chi connectivity index (χ3n) is 2.94. The zero-order valence-electron chi connectivity index (χ0n) is 10.9. The number of aromatic nitrogens is 2. The summed E-state index contributed by atoms with van der Waals surface area (Å²) < 4.78 is 1.89. The average Bonchev–Trinajstić information content (AvgIpc) is 2.47. The van der Waals surface area contributed by atoms with Crippen molar-refractivity contribution >= 4 is 0 Å². The largest absolute Gasteiger partial charge is 0.392 e. The predicted molar refractivity (Wildman–Crippen MR) is 65.2 cm³/mol. The number of hydrogen-bond donors (Lipinski definition) is 1. The number of aliphatic hydroxyl groups excluding tert-OH is 1. The van der Waals surface area contributed by atoms with Crippen LogP contribution in [0.3, 0.4) is 0 Å². The Morgan fingerprint density at radius 3 is 2.44 bits per heavy atom. The van der Waals surface area contributed by atoms with E-state index >= 15 is 0 Å². The summed E-state index contributed by atoms with van der Waals surface area (Å²) in [5, 5.41) is 13.7. The predicted octanol–water partition coefficient (Wildman–Crippen LogP) is 1.32. The smallest absolute Gasteiger partial charge is 0.0639 e. The zero-order valence-corrected chi connectivity index (χ0v) is 10.9. The molecule has 1 aromatic heterocycles. The summed E-state index contributed by atoms with van der Waals surface area (Å²) in [5.41, 5.74) is 2.42. The first-order chi connectivity index (χ1) is 7.41. The van der Waals surface area contributed by atoms with Gasteiger partial charge in [0.15, 0.2) is 0 Å². The summed E-state index contributed by atoms with van der Waals surface area (Å²) in [4.78, 5) is 2.26. The van der Waals surface area contributed by atoms with E-state index in [9.17, 15) is 5.11 Å². The zero-order chi connectivity index (χ0) is 12.3. The van der Waals surface area contributed by atoms with Crippen molar-refractivity contribution in [2.45, 2.75) is 46.4 Å². The molecule has 0 aliphatic heterocycles. The number of aryl methyl sites for hydroxylation is 1. The fourth-order valence-corrected chi connectivity index (χ4v) is 1.72. The topological polar surface area (TPSA) is 41.3 Å². The Labute approximate surface area is 97.9 Å². The molecule has 1 heterocycles. The summed E-state index contributed by atoms with van der Waals surface area (Å²) in [6, 6.07) is 0.425. The van der Waals surface area contributed by atoms with Gasteiger partial charge in [-0.1, -0.05) is 0 Å². The Bertz CT molecular complexity index is 331. The van der Waals surface area contributed by atoms with Crippen molar-refractivity contribution < 1.29 is 5.11 Å². The van der Waals surface area contributed by atoms with Crippen LogP contribution in [0.4, 0.5) is 0 Å². The van der Waals surface area contributed by atoms with Crippen LogP contribution in [0.5, 0.6) is 0 Å². The van der Waals surface area contributed by atoms with Crippen LogP contribution in [-0.4, -0.2) is 38.5 Å². The molecule has 0 amide bonds. The third-order valence-corrected chi connectivity index (χ3v) is 2.94. The summed E-state index contributed by atoms with van der Waals surface area (Å²) in [5.74, 6) is 0. The van der Waals surface area contributed by atoms with Crippen molar-refractivity contribution in [1.29, 1.82) is 0 Å². The molecule has 0 aromatic carbocycles. The highest BCUT2D eigenvalue weighted by molar-refractivity contribution is 5.15. The van der Waals surface area contributed by atoms with E-state index in [0.29, 0.717) is 12.6 Å². The number of rotatable bonds is 5. The maximum absolute atomic E-state index is 9.46. The van der Waals surface area contributed by atoms with Crippen LogP contribution in [0.1, 0.15) is 32.0 Å². The van der Waals surface area contributed by atoms with E-state index in [2.05, 4.69) is 30.8 Å². The fraction of sp³-hybridized carbons (Fsp3) is 0.750. The van der Waals surface area contributed by atoms with E-state index in [0.717, 1.165) is 6.54 Å². The molecular weight excluding hydrogens is 202 g/mol. The van der Waals surface area contributed by atoms with E-state index in [1.165, 1.54) is 11.3 Å². The summed E-state index contributed by atoms with van der Waals surface area (Å²) >= 11 is 0. The first-order valence-corrected chi connectivity index (χ1v) is 5.81. The molecule has 0 saturated carbocycles. The van der Waals surface area contributed by atoms with Crippen LogP contribution in [0.2, 0.25) is 0 Å². The molecule has 1 aromatic rings. The summed E-state index contributed by atoms with van der Waals surface area (Å²) in [7, 11) is 1.95. The highest BCUT2D eigenvalue weighted by Gasteiger charge is 2.15. The molecule has 1 unspecified atom stereocenters. The molecular formula is C12H23N3O. The van der Waals surface area contributed by atoms with Crippen molar-refractivity contribution in [3.8, 4) is 0 Å². The number of aliphatic hydroxyl groups is 1. The van der Waals surface area contributed by atoms with Crippen molar-refractivity contribution in [1.82, 2.24) is 14.7 Å². The monoisotopic (exact) mass is 225 g/mol. The Hall–Kier alpha value is -0.870. The Balaban J connectivity index is 2.72. The van der Waals surface area contributed by atoms with E-state index in [1.807, 2.05) is 24.9 Å². The molecule has 0 fully saturated rings. The minimum absolute atomic E-state index is 0.292. The molecule has 1 rings (SSSR count). The van der Waals surface area contributed by atoms with Crippen LogP contribution in [0.25, 0.3) is 0 Å². The third kappa shape index (κ3) is 3.32. The van der Waals surface area contributed by atoms with Crippen LogP contribution >= 0.6 is 0 Å². The molecule has 0 aliphatic carbocycles. The Morgan fingerprint density at radius 2 is 2.06 bits per heavy atom. The van der Waals surface area contributed by atoms with Crippen LogP contribution in [-0.2, 0) is 13.6 Å². The molecule has 0 aliphatic rings. The lowest BCUT2D eigenvalue weighted by Gasteiger charge is -2.27. The van der Waals surface area contributed by atoms with Gasteiger partial charge in [-0.05, 0) is 27.7 Å². The van der Waals surface area contributed by atoms with Gasteiger partial charge in [0, 0.05) is 37.4 Å². The van der Waals surface area contributed by atoms with Crippen LogP contribution in [0, 0.1) is 6.92 Å². The van der Waals surface area contributed by atoms with Crippen molar-refractivity contribution in [3.05, 3.63) is 17.5 Å². The van der Waals surface area contributed by atoms with Crippen molar-refractivity contribution in [3.63, 3.8) is 0 Å². The highest BCUT2D eigenvalue weighted by Crippen LogP contribution is 2.12. The van der Waals surface area contributed by atoms with Gasteiger partial charge in [0.25, 0.3) is 0 Å². The van der Waals surface area contributed by atoms with E-state index in [4.69, 9.17) is 0 Å². The van der Waals surface area contributed by atoms with Gasteiger partial charge >= 0.3 is 0 Å². The van der Waals surface area contributed by atoms with E-state index in [1.54, 1.807) is 0 Å². The quantitative estimate of drug-likeness (QED) is 0.821. The van der Waals surface area contributed by atoms with Gasteiger partial charge < -0.3 is 5.11 Å². The molecule has 0 spiro atoms. The second-order valence-electron chi connectivity index (χ2n) is 4.75. The van der Waals surface area contributed by atoms with Gasteiger partial charge in [-0.3, -0.25) is 9.58 Å². The maximum atomic E-state index is 9.46. The first-order valence-electron chi connectivity index (χ1n) is 5.81. The molecule has 4 nitrogen and oxygen atoms in total. The van der Waals surface area contributed by atoms with Gasteiger partial charge in [0.2, 0.25) is 0 Å². The molecule has 0 bridgehead atoms. The van der Waals surface area contributed by atoms with Crippen molar-refractivity contribution in [2.24, 2.45) is 7.05 Å². The molecule has 4 heteroatoms. The fourth-order valence-electron chi connectivity index (χ4n) is 1.72. The number of hydrogen-bond acceptors (Lipinski definition) is 3. The molecule has 16 heavy (non-hydrogen) atoms. The maximum Gasteiger partial charge on any atom is 0.0639 e. The van der Waals surface area contributed by atoms with E-state index < -0.39 is 0 Å². The lowest BCUT2D eigenvalue weighted by atomic mass is 10.2. The van der Waals surface area contributed by atoms with Crippen LogP contribution in [0.15, 0.2) is 6.20 Å². The molecule has 0 radical (unpaired) electrons. The standard InChI is InChI=1S/C12H23N3O/c1-9(2)15(7-10(3)16)8-12-6-13-14(5)11(12)4/h6,9-10,16H,7-8H2,1-5H3. The number of nitrogens with zero attached hydrogens (tertiary/aromatic N) is 3. The molecule has 0 saturated heterocycles. The lowest BCUT2D eigenvalue weighted by molar-refractivity contribution is 0.102. The Morgan fingerprint density at radius 1 is 1.44 bits per heavy atom. The molecule has 1 N–H and O–H groups in total. The second-order valence-corrected chi connectivity index (χ2v) is 4.75. The highest BCUT2D eigenvalue weighted by atomic mass is 16.3. The minimum Gasteiger partial charge on any atom is -0.392 e. The summed E-state index contributed by atoms with van der Waals surface area (Å²) in [6.07, 6.45) is 1.62.